The Morgan fingerprint density at radius 3 is 2.67 bits per heavy atom. The van der Waals surface area contributed by atoms with Crippen molar-refractivity contribution in [2.45, 2.75) is 25.7 Å². The van der Waals surface area contributed by atoms with Crippen molar-refractivity contribution in [2.24, 2.45) is 0 Å². The number of carbonyl (C=O) groups excluding carboxylic acids is 1. The van der Waals surface area contributed by atoms with Crippen molar-refractivity contribution in [1.29, 1.82) is 0 Å². The lowest BCUT2D eigenvalue weighted by atomic mass is 9.90. The molecule has 0 atom stereocenters. The second kappa shape index (κ2) is 6.13. The van der Waals surface area contributed by atoms with Crippen LogP contribution < -0.4 is 10.9 Å². The molecular weight excluding hydrogens is 338 g/mol. The molecule has 0 aliphatic heterocycles. The average molecular weight is 357 g/mol. The normalized spacial score (nSPS) is 13.6. The number of carbonyl (C=O) groups is 1. The molecule has 2 aromatic heterocycles. The second-order valence-corrected chi connectivity index (χ2v) is 7.11. The van der Waals surface area contributed by atoms with Crippen molar-refractivity contribution in [2.75, 3.05) is 5.32 Å². The lowest BCUT2D eigenvalue weighted by molar-refractivity contribution is 0.102. The number of benzene rings is 2. The van der Waals surface area contributed by atoms with Crippen LogP contribution in [0.4, 0.5) is 5.69 Å². The fourth-order valence-corrected chi connectivity index (χ4v) is 4.04. The van der Waals surface area contributed by atoms with Crippen molar-refractivity contribution >= 4 is 33.4 Å². The van der Waals surface area contributed by atoms with Gasteiger partial charge in [-0.05, 0) is 67.6 Å². The third-order valence-electron chi connectivity index (χ3n) is 5.41. The first kappa shape index (κ1) is 15.9. The van der Waals surface area contributed by atoms with Gasteiger partial charge in [-0.2, -0.15) is 0 Å². The number of H-pyrrole nitrogens is 2. The number of rotatable bonds is 2. The van der Waals surface area contributed by atoms with Gasteiger partial charge in [0.2, 0.25) is 0 Å². The molecule has 1 amide bonds. The van der Waals surface area contributed by atoms with E-state index in [9.17, 15) is 9.59 Å². The number of pyridine rings is 1. The number of aromatic nitrogens is 2. The highest BCUT2D eigenvalue weighted by molar-refractivity contribution is 6.07. The zero-order chi connectivity index (χ0) is 18.4. The van der Waals surface area contributed by atoms with E-state index < -0.39 is 0 Å². The van der Waals surface area contributed by atoms with Crippen LogP contribution in [-0.4, -0.2) is 15.9 Å². The molecule has 1 aliphatic carbocycles. The molecule has 0 unspecified atom stereocenters. The zero-order valence-corrected chi connectivity index (χ0v) is 14.8. The van der Waals surface area contributed by atoms with Crippen molar-refractivity contribution in [1.82, 2.24) is 9.97 Å². The first-order valence-corrected chi connectivity index (χ1v) is 9.25. The summed E-state index contributed by atoms with van der Waals surface area (Å²) in [6, 6.07) is 13.2. The topological polar surface area (TPSA) is 77.8 Å². The second-order valence-electron chi connectivity index (χ2n) is 7.11. The molecule has 4 aromatic rings. The van der Waals surface area contributed by atoms with Crippen LogP contribution in [0.25, 0.3) is 21.8 Å². The van der Waals surface area contributed by atoms with E-state index in [2.05, 4.69) is 15.3 Å². The van der Waals surface area contributed by atoms with Gasteiger partial charge in [0.25, 0.3) is 11.5 Å². The zero-order valence-electron chi connectivity index (χ0n) is 14.8. The first-order chi connectivity index (χ1) is 13.2. The monoisotopic (exact) mass is 357 g/mol. The number of fused-ring (bicyclic) bond motifs is 4. The maximum Gasteiger partial charge on any atom is 0.255 e. The molecule has 5 heteroatoms. The summed E-state index contributed by atoms with van der Waals surface area (Å²) in [6.45, 7) is 0. The number of aromatic amines is 2. The van der Waals surface area contributed by atoms with Crippen molar-refractivity contribution in [3.63, 3.8) is 0 Å². The maximum atomic E-state index is 12.6. The summed E-state index contributed by atoms with van der Waals surface area (Å²) < 4.78 is 0. The summed E-state index contributed by atoms with van der Waals surface area (Å²) in [5.74, 6) is -0.169. The fourth-order valence-electron chi connectivity index (χ4n) is 4.04. The Labute approximate surface area is 155 Å². The Morgan fingerprint density at radius 1 is 0.926 bits per heavy atom. The van der Waals surface area contributed by atoms with Crippen LogP contribution in [0.2, 0.25) is 0 Å². The molecular formula is C22H19N3O2. The van der Waals surface area contributed by atoms with Crippen LogP contribution in [0, 0.1) is 0 Å². The Balaban J connectivity index is 1.49. The lowest BCUT2D eigenvalue weighted by Crippen LogP contribution is -2.19. The smallest absolute Gasteiger partial charge is 0.255 e. The molecule has 2 heterocycles. The van der Waals surface area contributed by atoms with Crippen LogP contribution >= 0.6 is 0 Å². The molecule has 0 spiro atoms. The van der Waals surface area contributed by atoms with E-state index in [4.69, 9.17) is 0 Å². The third kappa shape index (κ3) is 2.72. The van der Waals surface area contributed by atoms with E-state index in [-0.39, 0.29) is 11.5 Å². The quantitative estimate of drug-likeness (QED) is 0.504. The number of anilines is 1. The van der Waals surface area contributed by atoms with Crippen molar-refractivity contribution in [3.8, 4) is 0 Å². The molecule has 0 saturated heterocycles. The van der Waals surface area contributed by atoms with E-state index in [0.29, 0.717) is 11.3 Å². The molecule has 0 fully saturated rings. The molecule has 1 aliphatic rings. The minimum Gasteiger partial charge on any atom is -0.361 e. The molecule has 27 heavy (non-hydrogen) atoms. The highest BCUT2D eigenvalue weighted by Crippen LogP contribution is 2.27. The highest BCUT2D eigenvalue weighted by Gasteiger charge is 2.17. The number of hydrogen-bond acceptors (Lipinski definition) is 2. The SMILES string of the molecule is O=C(Nc1ccc2c3c(c(=O)[nH]c2c1)CCCC3)c1ccc2[nH]ccc2c1. The van der Waals surface area contributed by atoms with Gasteiger partial charge >= 0.3 is 0 Å². The summed E-state index contributed by atoms with van der Waals surface area (Å²) in [5, 5.41) is 5.01. The van der Waals surface area contributed by atoms with Gasteiger partial charge in [0.1, 0.15) is 0 Å². The maximum absolute atomic E-state index is 12.6. The van der Waals surface area contributed by atoms with E-state index in [0.717, 1.165) is 58.6 Å². The van der Waals surface area contributed by atoms with Gasteiger partial charge in [-0.3, -0.25) is 9.59 Å². The molecule has 5 nitrogen and oxygen atoms in total. The summed E-state index contributed by atoms with van der Waals surface area (Å²) in [6.07, 6.45) is 5.83. The summed E-state index contributed by atoms with van der Waals surface area (Å²) in [7, 11) is 0. The van der Waals surface area contributed by atoms with Gasteiger partial charge in [0, 0.05) is 39.3 Å². The van der Waals surface area contributed by atoms with Crippen LogP contribution in [0.15, 0.2) is 53.5 Å². The van der Waals surface area contributed by atoms with Crippen LogP contribution in [0.1, 0.15) is 34.3 Å². The molecule has 0 radical (unpaired) electrons. The van der Waals surface area contributed by atoms with Gasteiger partial charge in [0.15, 0.2) is 0 Å². The summed E-state index contributed by atoms with van der Waals surface area (Å²) in [4.78, 5) is 31.1. The predicted molar refractivity (Wildman–Crippen MR) is 107 cm³/mol. The van der Waals surface area contributed by atoms with Crippen LogP contribution in [-0.2, 0) is 12.8 Å². The van der Waals surface area contributed by atoms with Gasteiger partial charge in [-0.15, -0.1) is 0 Å². The molecule has 2 aromatic carbocycles. The number of amides is 1. The van der Waals surface area contributed by atoms with Crippen LogP contribution in [0.5, 0.6) is 0 Å². The van der Waals surface area contributed by atoms with E-state index in [1.54, 1.807) is 6.07 Å². The number of nitrogens with one attached hydrogen (secondary N) is 3. The predicted octanol–water partition coefficient (Wildman–Crippen LogP) is 4.14. The Morgan fingerprint density at radius 2 is 1.78 bits per heavy atom. The fraction of sp³-hybridized carbons (Fsp3) is 0.182. The molecule has 5 rings (SSSR count). The number of hydrogen-bond donors (Lipinski definition) is 3. The van der Waals surface area contributed by atoms with Crippen molar-refractivity contribution < 1.29 is 4.79 Å². The highest BCUT2D eigenvalue weighted by atomic mass is 16.1. The Hall–Kier alpha value is -3.34. The standard InChI is InChI=1S/C22H19N3O2/c26-21(14-5-8-19-13(11-14)9-10-23-19)24-15-6-7-17-16-3-1-2-4-18(16)22(27)25-20(17)12-15/h5-12,23H,1-4H2,(H,24,26)(H,25,27). The van der Waals surface area contributed by atoms with Gasteiger partial charge in [-0.25, -0.2) is 0 Å². The number of aryl methyl sites for hydroxylation is 1. The van der Waals surface area contributed by atoms with E-state index in [1.165, 1.54) is 0 Å². The Bertz CT molecular complexity index is 1250. The van der Waals surface area contributed by atoms with Crippen LogP contribution in [0.3, 0.4) is 0 Å². The van der Waals surface area contributed by atoms with Crippen molar-refractivity contribution in [3.05, 3.63) is 75.7 Å². The molecule has 134 valence electrons. The largest absolute Gasteiger partial charge is 0.361 e. The third-order valence-corrected chi connectivity index (χ3v) is 5.41. The molecule has 3 N–H and O–H groups in total. The van der Waals surface area contributed by atoms with E-state index >= 15 is 0 Å². The van der Waals surface area contributed by atoms with Gasteiger partial charge in [-0.1, -0.05) is 6.07 Å². The Kier molecular flexibility index (Phi) is 3.60. The van der Waals surface area contributed by atoms with Gasteiger partial charge in [0.05, 0.1) is 5.52 Å². The van der Waals surface area contributed by atoms with Gasteiger partial charge < -0.3 is 15.3 Å². The average Bonchev–Trinajstić information content (AvgIpc) is 3.16. The lowest BCUT2D eigenvalue weighted by Gasteiger charge is -2.17. The summed E-state index contributed by atoms with van der Waals surface area (Å²) >= 11 is 0. The minimum atomic E-state index is -0.169. The minimum absolute atomic E-state index is 0.00131. The first-order valence-electron chi connectivity index (χ1n) is 9.25. The van der Waals surface area contributed by atoms with E-state index in [1.807, 2.05) is 42.6 Å². The summed E-state index contributed by atoms with van der Waals surface area (Å²) in [5.41, 5.74) is 5.13. The molecule has 0 bridgehead atoms. The molecule has 0 saturated carbocycles.